The van der Waals surface area contributed by atoms with Crippen LogP contribution < -0.4 is 10.6 Å². The Morgan fingerprint density at radius 1 is 1.10 bits per heavy atom. The van der Waals surface area contributed by atoms with E-state index in [-0.39, 0.29) is 18.3 Å². The fraction of sp³-hybridized carbons (Fsp3) is 0.188. The van der Waals surface area contributed by atoms with Gasteiger partial charge in [0, 0.05) is 11.4 Å². The van der Waals surface area contributed by atoms with Crippen molar-refractivity contribution in [2.45, 2.75) is 13.8 Å². The molecule has 20 heavy (non-hydrogen) atoms. The number of rotatable bonds is 4. The zero-order valence-electron chi connectivity index (χ0n) is 11.5. The first-order chi connectivity index (χ1) is 9.54. The van der Waals surface area contributed by atoms with Crippen molar-refractivity contribution in [3.8, 4) is 0 Å². The summed E-state index contributed by atoms with van der Waals surface area (Å²) in [5.74, 6) is -0.492. The van der Waals surface area contributed by atoms with Crippen molar-refractivity contribution in [1.29, 1.82) is 0 Å². The summed E-state index contributed by atoms with van der Waals surface area (Å²) in [5, 5.41) is 5.80. The van der Waals surface area contributed by atoms with Gasteiger partial charge in [-0.2, -0.15) is 0 Å². The van der Waals surface area contributed by atoms with Crippen molar-refractivity contribution >= 4 is 17.3 Å². The third-order valence-electron chi connectivity index (χ3n) is 2.96. The van der Waals surface area contributed by atoms with Crippen LogP contribution in [0.2, 0.25) is 0 Å². The summed E-state index contributed by atoms with van der Waals surface area (Å²) in [5.41, 5.74) is 3.75. The number of nitrogens with one attached hydrogen (secondary N) is 2. The Hall–Kier alpha value is -2.36. The van der Waals surface area contributed by atoms with Gasteiger partial charge in [0.1, 0.15) is 5.82 Å². The molecule has 0 aliphatic heterocycles. The van der Waals surface area contributed by atoms with Crippen LogP contribution in [0, 0.1) is 19.7 Å². The molecule has 0 unspecified atom stereocenters. The number of benzene rings is 2. The average Bonchev–Trinajstić information content (AvgIpc) is 2.42. The summed E-state index contributed by atoms with van der Waals surface area (Å²) in [6.07, 6.45) is 0. The van der Waals surface area contributed by atoms with Crippen LogP contribution in [0.4, 0.5) is 15.8 Å². The molecule has 2 N–H and O–H groups in total. The topological polar surface area (TPSA) is 41.1 Å². The Kier molecular flexibility index (Phi) is 4.35. The molecule has 4 heteroatoms. The zero-order chi connectivity index (χ0) is 14.5. The fourth-order valence-electron chi connectivity index (χ4n) is 1.84. The number of amides is 1. The Bertz CT molecular complexity index is 608. The Morgan fingerprint density at radius 2 is 1.80 bits per heavy atom. The fourth-order valence-corrected chi connectivity index (χ4v) is 1.84. The maximum Gasteiger partial charge on any atom is 0.243 e. The summed E-state index contributed by atoms with van der Waals surface area (Å²) in [4.78, 5) is 11.8. The minimum atomic E-state index is -0.323. The quantitative estimate of drug-likeness (QED) is 0.894. The second kappa shape index (κ2) is 6.19. The van der Waals surface area contributed by atoms with Gasteiger partial charge >= 0.3 is 0 Å². The van der Waals surface area contributed by atoms with Gasteiger partial charge in [-0.15, -0.1) is 0 Å². The summed E-state index contributed by atoms with van der Waals surface area (Å²) in [6.45, 7) is 4.16. The molecule has 0 fully saturated rings. The largest absolute Gasteiger partial charge is 0.376 e. The number of hydrogen-bond donors (Lipinski definition) is 2. The number of halogens is 1. The van der Waals surface area contributed by atoms with Gasteiger partial charge in [0.2, 0.25) is 5.91 Å². The normalized spacial score (nSPS) is 10.2. The predicted octanol–water partition coefficient (Wildman–Crippen LogP) is 3.49. The van der Waals surface area contributed by atoms with E-state index in [0.717, 1.165) is 16.8 Å². The highest BCUT2D eigenvalue weighted by atomic mass is 19.1. The highest BCUT2D eigenvalue weighted by molar-refractivity contribution is 5.93. The molecule has 1 amide bonds. The lowest BCUT2D eigenvalue weighted by Gasteiger charge is -2.11. The van der Waals surface area contributed by atoms with Crippen molar-refractivity contribution in [2.75, 3.05) is 17.2 Å². The number of hydrogen-bond acceptors (Lipinski definition) is 2. The van der Waals surface area contributed by atoms with Crippen LogP contribution in [0.1, 0.15) is 11.1 Å². The number of carbonyl (C=O) groups excluding carboxylic acids is 1. The second-order valence-corrected chi connectivity index (χ2v) is 4.73. The lowest BCUT2D eigenvalue weighted by atomic mass is 10.1. The number of carbonyl (C=O) groups is 1. The van der Waals surface area contributed by atoms with E-state index >= 15 is 0 Å². The maximum absolute atomic E-state index is 12.8. The number of aryl methyl sites for hydroxylation is 2. The van der Waals surface area contributed by atoms with Gasteiger partial charge < -0.3 is 10.6 Å². The van der Waals surface area contributed by atoms with Gasteiger partial charge in [0.25, 0.3) is 0 Å². The lowest BCUT2D eigenvalue weighted by Crippen LogP contribution is -2.22. The third kappa shape index (κ3) is 3.82. The van der Waals surface area contributed by atoms with E-state index in [9.17, 15) is 9.18 Å². The van der Waals surface area contributed by atoms with Gasteiger partial charge in [-0.3, -0.25) is 4.79 Å². The van der Waals surface area contributed by atoms with Crippen LogP contribution in [0.15, 0.2) is 42.5 Å². The molecule has 3 nitrogen and oxygen atoms in total. The third-order valence-corrected chi connectivity index (χ3v) is 2.96. The molecular weight excluding hydrogens is 255 g/mol. The molecule has 0 heterocycles. The molecule has 0 aliphatic rings. The minimum absolute atomic E-state index is 0.168. The zero-order valence-corrected chi connectivity index (χ0v) is 11.5. The van der Waals surface area contributed by atoms with Crippen molar-refractivity contribution < 1.29 is 9.18 Å². The Morgan fingerprint density at radius 3 is 2.50 bits per heavy atom. The standard InChI is InChI=1S/C16H17FN2O/c1-11-3-4-12(2)15(9-11)18-10-16(20)19-14-7-5-13(17)6-8-14/h3-9,18H,10H2,1-2H3,(H,19,20). The van der Waals surface area contributed by atoms with Crippen molar-refractivity contribution in [3.05, 3.63) is 59.4 Å². The van der Waals surface area contributed by atoms with E-state index in [1.54, 1.807) is 0 Å². The molecule has 0 bridgehead atoms. The number of anilines is 2. The molecule has 0 spiro atoms. The van der Waals surface area contributed by atoms with Crippen molar-refractivity contribution in [3.63, 3.8) is 0 Å². The Labute approximate surface area is 117 Å². The molecule has 0 saturated heterocycles. The molecular formula is C16H17FN2O. The molecule has 2 aromatic rings. The van der Waals surface area contributed by atoms with Gasteiger partial charge in [-0.05, 0) is 55.3 Å². The Balaban J connectivity index is 1.92. The summed E-state index contributed by atoms with van der Waals surface area (Å²) in [6, 6.07) is 11.7. The van der Waals surface area contributed by atoms with Gasteiger partial charge in [-0.1, -0.05) is 12.1 Å². The second-order valence-electron chi connectivity index (χ2n) is 4.73. The van der Waals surface area contributed by atoms with E-state index in [2.05, 4.69) is 10.6 Å². The molecule has 0 aromatic heterocycles. The summed E-state index contributed by atoms with van der Waals surface area (Å²) in [7, 11) is 0. The lowest BCUT2D eigenvalue weighted by molar-refractivity contribution is -0.114. The average molecular weight is 272 g/mol. The summed E-state index contributed by atoms with van der Waals surface area (Å²) >= 11 is 0. The SMILES string of the molecule is Cc1ccc(C)c(NCC(=O)Nc2ccc(F)cc2)c1. The highest BCUT2D eigenvalue weighted by Crippen LogP contribution is 2.16. The smallest absolute Gasteiger partial charge is 0.243 e. The van der Waals surface area contributed by atoms with Gasteiger partial charge in [0.15, 0.2) is 0 Å². The van der Waals surface area contributed by atoms with E-state index < -0.39 is 0 Å². The minimum Gasteiger partial charge on any atom is -0.376 e. The van der Waals surface area contributed by atoms with Crippen molar-refractivity contribution in [1.82, 2.24) is 0 Å². The van der Waals surface area contributed by atoms with Crippen LogP contribution in [0.25, 0.3) is 0 Å². The van der Waals surface area contributed by atoms with Crippen LogP contribution in [0.3, 0.4) is 0 Å². The monoisotopic (exact) mass is 272 g/mol. The van der Waals surface area contributed by atoms with E-state index in [1.807, 2.05) is 32.0 Å². The first-order valence-electron chi connectivity index (χ1n) is 6.41. The predicted molar refractivity (Wildman–Crippen MR) is 79.4 cm³/mol. The molecule has 0 saturated carbocycles. The van der Waals surface area contributed by atoms with E-state index in [0.29, 0.717) is 5.69 Å². The van der Waals surface area contributed by atoms with Crippen LogP contribution in [-0.4, -0.2) is 12.5 Å². The molecule has 2 rings (SSSR count). The van der Waals surface area contributed by atoms with Gasteiger partial charge in [0.05, 0.1) is 6.54 Å². The molecule has 104 valence electrons. The molecule has 0 radical (unpaired) electrons. The first-order valence-corrected chi connectivity index (χ1v) is 6.41. The molecule has 0 atom stereocenters. The van der Waals surface area contributed by atoms with E-state index in [4.69, 9.17) is 0 Å². The first kappa shape index (κ1) is 14.1. The van der Waals surface area contributed by atoms with Crippen LogP contribution in [-0.2, 0) is 4.79 Å². The van der Waals surface area contributed by atoms with Crippen molar-refractivity contribution in [2.24, 2.45) is 0 Å². The molecule has 2 aromatic carbocycles. The van der Waals surface area contributed by atoms with Gasteiger partial charge in [-0.25, -0.2) is 4.39 Å². The maximum atomic E-state index is 12.8. The summed E-state index contributed by atoms with van der Waals surface area (Å²) < 4.78 is 12.8. The van der Waals surface area contributed by atoms with E-state index in [1.165, 1.54) is 24.3 Å². The highest BCUT2D eigenvalue weighted by Gasteiger charge is 2.04. The van der Waals surface area contributed by atoms with Crippen LogP contribution >= 0.6 is 0 Å². The molecule has 0 aliphatic carbocycles. The van der Waals surface area contributed by atoms with Crippen LogP contribution in [0.5, 0.6) is 0 Å².